The summed E-state index contributed by atoms with van der Waals surface area (Å²) in [5, 5.41) is 27.2. The van der Waals surface area contributed by atoms with E-state index in [-0.39, 0.29) is 40.9 Å². The van der Waals surface area contributed by atoms with Gasteiger partial charge >= 0.3 is 29.8 Å². The number of amides is 1. The molecule has 1 aliphatic heterocycles. The van der Waals surface area contributed by atoms with Crippen molar-refractivity contribution in [1.82, 2.24) is 5.32 Å². The van der Waals surface area contributed by atoms with Gasteiger partial charge in [0.2, 0.25) is 0 Å². The van der Waals surface area contributed by atoms with Crippen LogP contribution in [0.25, 0.3) is 0 Å². The van der Waals surface area contributed by atoms with E-state index < -0.39 is 119 Å². The Morgan fingerprint density at radius 3 is 1.79 bits per heavy atom. The number of aliphatic hydroxyl groups excluding tert-OH is 2. The molecule has 1 amide bonds. The van der Waals surface area contributed by atoms with Gasteiger partial charge in [-0.3, -0.25) is 19.2 Å². The fraction of sp³-hybridized carbons (Fsp3) is 0.389. The maximum absolute atomic E-state index is 15.9. The number of rotatable bonds is 12. The highest BCUT2D eigenvalue weighted by atomic mass is 16.6. The average molecular weight is 958 g/mol. The number of Topliss-reactive ketones (excluding diaryl/α,β-unsaturated/α-hetero) is 1. The summed E-state index contributed by atoms with van der Waals surface area (Å²) < 4.78 is 38.1. The predicted octanol–water partition coefficient (Wildman–Crippen LogP) is 5.60. The normalized spacial score (nSPS) is 29.4. The third kappa shape index (κ3) is 8.47. The van der Waals surface area contributed by atoms with Gasteiger partial charge in [-0.25, -0.2) is 14.4 Å². The molecule has 3 aliphatic carbocycles. The SMILES string of the molecule is CC(=O)O[C@H]1C(=O)[C@@]2(C)C(C(OC(=O)c3ccccc3)[C@]3(OC(C)=O)C[C@H](OC(=O)[C@H](O)[C@@H](NC(=O)c4ccccc4)c4ccccc4)C(C)=C1C3(C)C)[C@]1(OC(=O)c3ccccc3)CO[C@@H]1C[C@@H]2O. The summed E-state index contributed by atoms with van der Waals surface area (Å²) in [6, 6.07) is 30.8. The Morgan fingerprint density at radius 1 is 0.714 bits per heavy atom. The first kappa shape index (κ1) is 49.4. The lowest BCUT2D eigenvalue weighted by Gasteiger charge is -2.67. The zero-order chi connectivity index (χ0) is 50.3. The number of ketones is 1. The molecule has 0 aromatic heterocycles. The first-order chi connectivity index (χ1) is 33.3. The van der Waals surface area contributed by atoms with Crippen molar-refractivity contribution in [3.63, 3.8) is 0 Å². The van der Waals surface area contributed by atoms with E-state index in [0.717, 1.165) is 13.8 Å². The molecule has 1 saturated heterocycles. The lowest BCUT2D eigenvalue weighted by Crippen LogP contribution is -2.82. The topological polar surface area (TPSA) is 227 Å². The van der Waals surface area contributed by atoms with Crippen LogP contribution >= 0.6 is 0 Å². The summed E-state index contributed by atoms with van der Waals surface area (Å²) in [6.45, 7) is 7.93. The van der Waals surface area contributed by atoms with Gasteiger partial charge in [-0.15, -0.1) is 0 Å². The average Bonchev–Trinajstić information content (AvgIpc) is 3.34. The van der Waals surface area contributed by atoms with Crippen molar-refractivity contribution >= 4 is 41.5 Å². The van der Waals surface area contributed by atoms with Crippen LogP contribution in [0.4, 0.5) is 0 Å². The Morgan fingerprint density at radius 2 is 1.26 bits per heavy atom. The van der Waals surface area contributed by atoms with Crippen molar-refractivity contribution in [2.75, 3.05) is 6.61 Å². The Labute approximate surface area is 404 Å². The second-order valence-electron chi connectivity index (χ2n) is 19.1. The Hall–Kier alpha value is -7.01. The Kier molecular flexibility index (Phi) is 13.5. The number of ether oxygens (including phenoxy) is 6. The maximum atomic E-state index is 15.9. The lowest BCUT2D eigenvalue weighted by molar-refractivity contribution is -0.342. The zero-order valence-electron chi connectivity index (χ0n) is 39.5. The van der Waals surface area contributed by atoms with Crippen molar-refractivity contribution in [1.29, 1.82) is 0 Å². The van der Waals surface area contributed by atoms with E-state index in [4.69, 9.17) is 28.4 Å². The second-order valence-corrected chi connectivity index (χ2v) is 19.1. The van der Waals surface area contributed by atoms with Crippen LogP contribution in [0.15, 0.2) is 132 Å². The van der Waals surface area contributed by atoms with Crippen molar-refractivity contribution in [2.45, 2.75) is 108 Å². The van der Waals surface area contributed by atoms with E-state index in [1.165, 1.54) is 38.1 Å². The van der Waals surface area contributed by atoms with Crippen LogP contribution in [0.5, 0.6) is 0 Å². The number of nitrogens with one attached hydrogen (secondary N) is 1. The van der Waals surface area contributed by atoms with Gasteiger partial charge in [-0.1, -0.05) is 98.8 Å². The van der Waals surface area contributed by atoms with Crippen LogP contribution in [-0.2, 0) is 47.6 Å². The second kappa shape index (κ2) is 19.1. The quantitative estimate of drug-likeness (QED) is 0.0892. The van der Waals surface area contributed by atoms with Gasteiger partial charge in [0, 0.05) is 37.7 Å². The molecule has 1 heterocycles. The van der Waals surface area contributed by atoms with Gasteiger partial charge < -0.3 is 44.0 Å². The molecule has 11 atom stereocenters. The minimum Gasteiger partial charge on any atom is -0.456 e. The van der Waals surface area contributed by atoms with Gasteiger partial charge in [0.1, 0.15) is 12.2 Å². The van der Waals surface area contributed by atoms with Crippen molar-refractivity contribution in [3.05, 3.63) is 155 Å². The fourth-order valence-corrected chi connectivity index (χ4v) is 11.2. The summed E-state index contributed by atoms with van der Waals surface area (Å²) in [4.78, 5) is 100. The third-order valence-corrected chi connectivity index (χ3v) is 14.7. The third-order valence-electron chi connectivity index (χ3n) is 14.7. The molecule has 4 aromatic rings. The van der Waals surface area contributed by atoms with Gasteiger partial charge in [-0.2, -0.15) is 0 Å². The standard InChI is InChI=1S/C54H55NO15/c1-30-37(67-50(64)42(59)41(33-19-11-7-12-20-33)55-47(61)34-21-13-8-14-22-34)28-54(69-32(3)57)46(68-48(62)35-23-15-9-16-24-35)44-52(6,45(60)43(66-31(2)56)40(30)51(54,4)5)38(58)27-39-53(44,29-65-39)70-49(63)36-25-17-10-18-26-36/h7-26,37-39,41-44,46,58-59H,27-29H2,1-6H3,(H,55,61)/t37-,38-,39+,41-,42+,43+,44?,46?,52+,53-,54+/m0/s1. The molecule has 70 heavy (non-hydrogen) atoms. The molecule has 0 spiro atoms. The molecule has 3 fully saturated rings. The van der Waals surface area contributed by atoms with Crippen LogP contribution in [0, 0.1) is 16.7 Å². The number of aliphatic hydroxyl groups is 2. The van der Waals surface area contributed by atoms with Gasteiger partial charge in [0.15, 0.2) is 35.3 Å². The van der Waals surface area contributed by atoms with Crippen LogP contribution < -0.4 is 5.32 Å². The summed E-state index contributed by atoms with van der Waals surface area (Å²) in [7, 11) is 0. The zero-order valence-corrected chi connectivity index (χ0v) is 39.5. The first-order valence-corrected chi connectivity index (χ1v) is 23.0. The first-order valence-electron chi connectivity index (χ1n) is 23.0. The van der Waals surface area contributed by atoms with E-state index in [1.807, 2.05) is 0 Å². The van der Waals surface area contributed by atoms with Crippen LogP contribution in [-0.4, -0.2) is 106 Å². The molecule has 0 radical (unpaired) electrons. The van der Waals surface area contributed by atoms with Gasteiger partial charge in [0.25, 0.3) is 5.91 Å². The molecule has 16 nitrogen and oxygen atoms in total. The number of carbonyl (C=O) groups excluding carboxylic acids is 7. The summed E-state index contributed by atoms with van der Waals surface area (Å²) in [5.41, 5.74) is -7.15. The highest BCUT2D eigenvalue weighted by Gasteiger charge is 2.79. The number of hydrogen-bond acceptors (Lipinski definition) is 15. The summed E-state index contributed by atoms with van der Waals surface area (Å²) in [5.74, 6) is -8.06. The molecular weight excluding hydrogens is 903 g/mol. The fourth-order valence-electron chi connectivity index (χ4n) is 11.2. The molecule has 4 aliphatic rings. The van der Waals surface area contributed by atoms with Gasteiger partial charge in [0.05, 0.1) is 41.2 Å². The Balaban J connectivity index is 1.34. The molecular formula is C54H55NO15. The van der Waals surface area contributed by atoms with E-state index in [1.54, 1.807) is 111 Å². The van der Waals surface area contributed by atoms with E-state index in [2.05, 4.69) is 5.32 Å². The highest BCUT2D eigenvalue weighted by molar-refractivity contribution is 5.97. The molecule has 2 bridgehead atoms. The monoisotopic (exact) mass is 957 g/mol. The van der Waals surface area contributed by atoms with Crippen LogP contribution in [0.1, 0.15) is 97.1 Å². The predicted molar refractivity (Wildman–Crippen MR) is 247 cm³/mol. The molecule has 366 valence electrons. The molecule has 16 heteroatoms. The number of fused-ring (bicyclic) bond motifs is 5. The van der Waals surface area contributed by atoms with Crippen molar-refractivity contribution in [3.8, 4) is 0 Å². The van der Waals surface area contributed by atoms with E-state index >= 15 is 4.79 Å². The summed E-state index contributed by atoms with van der Waals surface area (Å²) >= 11 is 0. The number of esters is 5. The smallest absolute Gasteiger partial charge is 0.338 e. The number of hydrogen-bond donors (Lipinski definition) is 3. The highest BCUT2D eigenvalue weighted by Crippen LogP contribution is 2.65. The Bertz CT molecular complexity index is 2710. The largest absolute Gasteiger partial charge is 0.456 e. The van der Waals surface area contributed by atoms with Crippen molar-refractivity contribution < 1.29 is 72.2 Å². The summed E-state index contributed by atoms with van der Waals surface area (Å²) in [6.07, 6.45) is -11.0. The van der Waals surface area contributed by atoms with Gasteiger partial charge in [-0.05, 0) is 67.0 Å². The van der Waals surface area contributed by atoms with E-state index in [9.17, 15) is 39.0 Å². The van der Waals surface area contributed by atoms with Crippen LogP contribution in [0.2, 0.25) is 0 Å². The molecule has 4 aromatic carbocycles. The molecule has 8 rings (SSSR count). The molecule has 2 saturated carbocycles. The maximum Gasteiger partial charge on any atom is 0.338 e. The number of carbonyl (C=O) groups is 7. The minimum absolute atomic E-state index is 0.0144. The van der Waals surface area contributed by atoms with Crippen molar-refractivity contribution in [2.24, 2.45) is 16.7 Å². The minimum atomic E-state index is -2.26. The van der Waals surface area contributed by atoms with Crippen LogP contribution in [0.3, 0.4) is 0 Å². The lowest BCUT2D eigenvalue weighted by atomic mass is 9.44. The number of benzene rings is 4. The molecule has 3 N–H and O–H groups in total. The molecule has 2 unspecified atom stereocenters. The van der Waals surface area contributed by atoms with E-state index in [0.29, 0.717) is 5.56 Å².